The van der Waals surface area contributed by atoms with Crippen molar-refractivity contribution in [2.75, 3.05) is 5.32 Å². The number of hydrogen-bond acceptors (Lipinski definition) is 5. The van der Waals surface area contributed by atoms with Crippen LogP contribution in [0.1, 0.15) is 23.9 Å². The predicted molar refractivity (Wildman–Crippen MR) is 119 cm³/mol. The number of nitrogens with zero attached hydrogens (tertiary/aromatic N) is 6. The summed E-state index contributed by atoms with van der Waals surface area (Å²) in [5.41, 5.74) is 4.08. The molecule has 2 aromatic carbocycles. The van der Waals surface area contributed by atoms with Gasteiger partial charge in [-0.1, -0.05) is 12.1 Å². The molecule has 0 aliphatic heterocycles. The lowest BCUT2D eigenvalue weighted by atomic mass is 10.1. The van der Waals surface area contributed by atoms with Crippen molar-refractivity contribution in [3.8, 4) is 11.3 Å². The third kappa shape index (κ3) is 4.94. The molecule has 32 heavy (non-hydrogen) atoms. The van der Waals surface area contributed by atoms with E-state index in [0.29, 0.717) is 24.5 Å². The summed E-state index contributed by atoms with van der Waals surface area (Å²) in [6.07, 6.45) is 5.38. The fourth-order valence-corrected chi connectivity index (χ4v) is 3.26. The summed E-state index contributed by atoms with van der Waals surface area (Å²) in [4.78, 5) is 13.9. The second kappa shape index (κ2) is 9.34. The van der Waals surface area contributed by atoms with Crippen molar-refractivity contribution >= 4 is 17.7 Å². The zero-order valence-electron chi connectivity index (χ0n) is 17.7. The number of nitrogens with one attached hydrogen (secondary N) is 1. The van der Waals surface area contributed by atoms with Crippen LogP contribution in [0.25, 0.3) is 17.3 Å². The topological polar surface area (TPSA) is 90.5 Å². The maximum atomic E-state index is 13.2. The lowest BCUT2D eigenvalue weighted by Crippen LogP contribution is -2.07. The van der Waals surface area contributed by atoms with Crippen molar-refractivity contribution in [1.82, 2.24) is 30.0 Å². The number of hydrogen-bond donors (Lipinski definition) is 1. The number of rotatable bonds is 7. The lowest BCUT2D eigenvalue weighted by Gasteiger charge is -2.05. The molecule has 8 nitrogen and oxygen atoms in total. The van der Waals surface area contributed by atoms with E-state index in [0.717, 1.165) is 22.4 Å². The van der Waals surface area contributed by atoms with Crippen LogP contribution in [0.4, 0.5) is 10.1 Å². The largest absolute Gasteiger partial charge is 0.323 e. The van der Waals surface area contributed by atoms with Crippen molar-refractivity contribution < 1.29 is 9.18 Å². The van der Waals surface area contributed by atoms with Gasteiger partial charge in [0.15, 0.2) is 5.82 Å². The van der Waals surface area contributed by atoms with Crippen LogP contribution in [0.15, 0.2) is 60.8 Å². The maximum Gasteiger partial charge on any atom is 0.248 e. The number of carbonyl (C=O) groups excluding carboxylic acids is 1. The molecular weight excluding hydrogens is 409 g/mol. The van der Waals surface area contributed by atoms with Gasteiger partial charge in [-0.25, -0.2) is 4.39 Å². The third-order valence-corrected chi connectivity index (χ3v) is 4.86. The second-order valence-corrected chi connectivity index (χ2v) is 7.17. The Kier molecular flexibility index (Phi) is 6.16. The number of amides is 1. The maximum absolute atomic E-state index is 13.2. The van der Waals surface area contributed by atoms with Crippen LogP contribution in [-0.2, 0) is 24.8 Å². The van der Waals surface area contributed by atoms with Gasteiger partial charge in [0, 0.05) is 36.4 Å². The van der Waals surface area contributed by atoms with Gasteiger partial charge >= 0.3 is 0 Å². The van der Waals surface area contributed by atoms with E-state index in [9.17, 15) is 9.18 Å². The number of halogens is 1. The van der Waals surface area contributed by atoms with E-state index < -0.39 is 0 Å². The summed E-state index contributed by atoms with van der Waals surface area (Å²) in [6.45, 7) is 2.63. The summed E-state index contributed by atoms with van der Waals surface area (Å²) in [6, 6.07) is 13.7. The molecule has 0 atom stereocenters. The molecule has 0 spiro atoms. The van der Waals surface area contributed by atoms with Gasteiger partial charge in [0.05, 0.1) is 18.4 Å². The molecule has 1 N–H and O–H groups in total. The molecule has 4 rings (SSSR count). The van der Waals surface area contributed by atoms with Crippen LogP contribution in [0.3, 0.4) is 0 Å². The Hall–Kier alpha value is -4.14. The first-order valence-electron chi connectivity index (χ1n) is 10.1. The molecule has 1 amide bonds. The molecule has 0 saturated heterocycles. The number of benzene rings is 2. The lowest BCUT2D eigenvalue weighted by molar-refractivity contribution is -0.111. The molecule has 162 valence electrons. The van der Waals surface area contributed by atoms with E-state index in [4.69, 9.17) is 0 Å². The molecule has 0 bridgehead atoms. The summed E-state index contributed by atoms with van der Waals surface area (Å²) in [7, 11) is 1.80. The molecule has 0 unspecified atom stereocenters. The minimum Gasteiger partial charge on any atom is -0.323 e. The highest BCUT2D eigenvalue weighted by molar-refractivity contribution is 6.02. The Morgan fingerprint density at radius 2 is 1.88 bits per heavy atom. The number of aromatic nitrogens is 6. The molecule has 0 fully saturated rings. The van der Waals surface area contributed by atoms with Gasteiger partial charge in [-0.2, -0.15) is 9.90 Å². The van der Waals surface area contributed by atoms with E-state index in [-0.39, 0.29) is 11.7 Å². The van der Waals surface area contributed by atoms with Crippen LogP contribution < -0.4 is 5.32 Å². The molecule has 0 radical (unpaired) electrons. The summed E-state index contributed by atoms with van der Waals surface area (Å²) >= 11 is 0. The van der Waals surface area contributed by atoms with Crippen molar-refractivity contribution in [2.24, 2.45) is 7.05 Å². The van der Waals surface area contributed by atoms with E-state index in [1.165, 1.54) is 18.2 Å². The summed E-state index contributed by atoms with van der Waals surface area (Å²) in [5, 5.41) is 19.3. The molecule has 2 aromatic heterocycles. The quantitative estimate of drug-likeness (QED) is 0.453. The Labute approximate surface area is 184 Å². The average molecular weight is 431 g/mol. The van der Waals surface area contributed by atoms with Gasteiger partial charge in [-0.3, -0.25) is 9.48 Å². The molecular formula is C23H22FN7O. The standard InChI is InChI=1S/C23H22FN7O/c1-3-31-28-21(27-29-31)14-16-4-11-20(12-5-16)26-22(32)13-8-18-15-25-30(2)23(18)17-6-9-19(24)10-7-17/h4-13,15H,3,14H2,1-2H3,(H,26,32)/b13-8+. The Balaban J connectivity index is 1.40. The van der Waals surface area contributed by atoms with Crippen molar-refractivity contribution in [2.45, 2.75) is 19.9 Å². The van der Waals surface area contributed by atoms with E-state index in [1.54, 1.807) is 40.9 Å². The highest BCUT2D eigenvalue weighted by atomic mass is 19.1. The molecule has 0 aliphatic rings. The van der Waals surface area contributed by atoms with Crippen LogP contribution in [0, 0.1) is 5.82 Å². The summed E-state index contributed by atoms with van der Waals surface area (Å²) < 4.78 is 14.9. The number of aryl methyl sites for hydroxylation is 2. The molecule has 4 aromatic rings. The first-order chi connectivity index (χ1) is 15.5. The second-order valence-electron chi connectivity index (χ2n) is 7.17. The zero-order valence-corrected chi connectivity index (χ0v) is 17.7. The Morgan fingerprint density at radius 1 is 1.12 bits per heavy atom. The average Bonchev–Trinajstić information content (AvgIpc) is 3.40. The van der Waals surface area contributed by atoms with Gasteiger partial charge in [-0.05, 0) is 60.2 Å². The minimum absolute atomic E-state index is 0.265. The fraction of sp³-hybridized carbons (Fsp3) is 0.174. The SMILES string of the molecule is CCn1nnc(Cc2ccc(NC(=O)/C=C/c3cnn(C)c3-c3ccc(F)cc3)cc2)n1. The van der Waals surface area contributed by atoms with Gasteiger partial charge in [-0.15, -0.1) is 10.2 Å². The number of carbonyl (C=O) groups is 1. The summed E-state index contributed by atoms with van der Waals surface area (Å²) in [5.74, 6) is 0.0844. The molecule has 9 heteroatoms. The molecule has 0 aliphatic carbocycles. The Bertz CT molecular complexity index is 1240. The van der Waals surface area contributed by atoms with Crippen LogP contribution in [0.5, 0.6) is 0 Å². The predicted octanol–water partition coefficient (Wildman–Crippen LogP) is 3.48. The zero-order chi connectivity index (χ0) is 22.5. The molecule has 2 heterocycles. The number of anilines is 1. The van der Waals surface area contributed by atoms with E-state index >= 15 is 0 Å². The van der Waals surface area contributed by atoms with Gasteiger partial charge in [0.1, 0.15) is 5.82 Å². The van der Waals surface area contributed by atoms with Crippen LogP contribution in [0.2, 0.25) is 0 Å². The van der Waals surface area contributed by atoms with Crippen molar-refractivity contribution in [3.05, 3.63) is 83.6 Å². The molecule has 0 saturated carbocycles. The number of tetrazole rings is 1. The first kappa shape index (κ1) is 21.1. The monoisotopic (exact) mass is 431 g/mol. The van der Waals surface area contributed by atoms with Crippen molar-refractivity contribution in [3.63, 3.8) is 0 Å². The third-order valence-electron chi connectivity index (χ3n) is 4.86. The van der Waals surface area contributed by atoms with Gasteiger partial charge in [0.25, 0.3) is 0 Å². The first-order valence-corrected chi connectivity index (χ1v) is 10.1. The van der Waals surface area contributed by atoms with E-state index in [2.05, 4.69) is 25.8 Å². The van der Waals surface area contributed by atoms with Gasteiger partial charge < -0.3 is 5.32 Å². The van der Waals surface area contributed by atoms with Crippen molar-refractivity contribution in [1.29, 1.82) is 0 Å². The smallest absolute Gasteiger partial charge is 0.248 e. The van der Waals surface area contributed by atoms with Gasteiger partial charge in [0.2, 0.25) is 5.91 Å². The Morgan fingerprint density at radius 3 is 2.56 bits per heavy atom. The van der Waals surface area contributed by atoms with E-state index in [1.807, 2.05) is 31.2 Å². The highest BCUT2D eigenvalue weighted by Crippen LogP contribution is 2.24. The van der Waals surface area contributed by atoms with Crippen LogP contribution >= 0.6 is 0 Å². The normalized spacial score (nSPS) is 11.2. The van der Waals surface area contributed by atoms with Crippen LogP contribution in [-0.4, -0.2) is 35.9 Å². The minimum atomic E-state index is -0.304. The highest BCUT2D eigenvalue weighted by Gasteiger charge is 2.10. The fourth-order valence-electron chi connectivity index (χ4n) is 3.26.